The molecule has 0 aliphatic carbocycles. The van der Waals surface area contributed by atoms with Gasteiger partial charge in [-0.25, -0.2) is 4.39 Å². The molecule has 0 saturated heterocycles. The summed E-state index contributed by atoms with van der Waals surface area (Å²) in [7, 11) is 1.93. The molecule has 0 atom stereocenters. The van der Waals surface area contributed by atoms with E-state index in [9.17, 15) is 4.39 Å². The summed E-state index contributed by atoms with van der Waals surface area (Å²) in [6.07, 6.45) is 0.937. The predicted molar refractivity (Wildman–Crippen MR) is 79.5 cm³/mol. The third-order valence-electron chi connectivity index (χ3n) is 3.30. The lowest BCUT2D eigenvalue weighted by Gasteiger charge is -2.12. The smallest absolute Gasteiger partial charge is 0.167 e. The monoisotopic (exact) mass is 273 g/mol. The number of nitrogens with one attached hydrogen (secondary N) is 1. The van der Waals surface area contributed by atoms with Crippen molar-refractivity contribution in [1.82, 2.24) is 5.32 Å². The Morgan fingerprint density at radius 3 is 2.55 bits per heavy atom. The van der Waals surface area contributed by atoms with Crippen LogP contribution in [0.4, 0.5) is 4.39 Å². The molecule has 0 fully saturated rings. The second kappa shape index (κ2) is 7.06. The summed E-state index contributed by atoms with van der Waals surface area (Å²) in [6, 6.07) is 13.3. The second-order valence-electron chi connectivity index (χ2n) is 4.80. The van der Waals surface area contributed by atoms with Crippen LogP contribution in [0.1, 0.15) is 16.7 Å². The number of hydrogen-bond donors (Lipinski definition) is 1. The van der Waals surface area contributed by atoms with Gasteiger partial charge in [0.2, 0.25) is 0 Å². The molecular formula is C17H20FNO. The Hall–Kier alpha value is -1.87. The van der Waals surface area contributed by atoms with Gasteiger partial charge >= 0.3 is 0 Å². The highest BCUT2D eigenvalue weighted by Crippen LogP contribution is 2.21. The first-order valence-electron chi connectivity index (χ1n) is 6.81. The van der Waals surface area contributed by atoms with Crippen molar-refractivity contribution < 1.29 is 9.13 Å². The molecule has 0 heterocycles. The zero-order valence-electron chi connectivity index (χ0n) is 11.9. The van der Waals surface area contributed by atoms with Crippen LogP contribution in [0.2, 0.25) is 0 Å². The Bertz CT molecular complexity index is 569. The SMILES string of the molecule is CNCCc1ccccc1COc1cccc(C)c1F. The molecule has 0 unspecified atom stereocenters. The van der Waals surface area contributed by atoms with Crippen LogP contribution >= 0.6 is 0 Å². The largest absolute Gasteiger partial charge is 0.486 e. The minimum Gasteiger partial charge on any atom is -0.486 e. The maximum absolute atomic E-state index is 13.9. The fourth-order valence-corrected chi connectivity index (χ4v) is 2.09. The van der Waals surface area contributed by atoms with Crippen LogP contribution < -0.4 is 10.1 Å². The zero-order valence-corrected chi connectivity index (χ0v) is 11.9. The van der Waals surface area contributed by atoms with Crippen LogP contribution in [-0.2, 0) is 13.0 Å². The van der Waals surface area contributed by atoms with Gasteiger partial charge in [0, 0.05) is 0 Å². The average Bonchev–Trinajstić information content (AvgIpc) is 2.47. The number of hydrogen-bond acceptors (Lipinski definition) is 2. The summed E-state index contributed by atoms with van der Waals surface area (Å²) in [5.41, 5.74) is 2.93. The maximum atomic E-state index is 13.9. The van der Waals surface area contributed by atoms with E-state index in [-0.39, 0.29) is 5.82 Å². The molecule has 0 aromatic heterocycles. The highest BCUT2D eigenvalue weighted by Gasteiger charge is 2.07. The van der Waals surface area contributed by atoms with Crippen molar-refractivity contribution in [1.29, 1.82) is 0 Å². The van der Waals surface area contributed by atoms with Crippen LogP contribution in [0.3, 0.4) is 0 Å². The van der Waals surface area contributed by atoms with Crippen LogP contribution in [0.15, 0.2) is 42.5 Å². The van der Waals surface area contributed by atoms with E-state index in [2.05, 4.69) is 11.4 Å². The molecule has 2 aromatic carbocycles. The number of ether oxygens (including phenoxy) is 1. The predicted octanol–water partition coefficient (Wildman–Crippen LogP) is 3.48. The van der Waals surface area contributed by atoms with E-state index in [0.717, 1.165) is 18.5 Å². The van der Waals surface area contributed by atoms with Gasteiger partial charge in [0.05, 0.1) is 0 Å². The lowest BCUT2D eigenvalue weighted by molar-refractivity contribution is 0.288. The van der Waals surface area contributed by atoms with Crippen molar-refractivity contribution in [3.63, 3.8) is 0 Å². The van der Waals surface area contributed by atoms with E-state index in [4.69, 9.17) is 4.74 Å². The van der Waals surface area contributed by atoms with E-state index in [1.54, 1.807) is 25.1 Å². The quantitative estimate of drug-likeness (QED) is 0.870. The highest BCUT2D eigenvalue weighted by molar-refractivity contribution is 5.32. The summed E-state index contributed by atoms with van der Waals surface area (Å²) in [4.78, 5) is 0. The van der Waals surface area contributed by atoms with Gasteiger partial charge in [0.1, 0.15) is 6.61 Å². The first-order chi connectivity index (χ1) is 9.72. The second-order valence-corrected chi connectivity index (χ2v) is 4.80. The number of halogens is 1. The molecule has 0 bridgehead atoms. The maximum Gasteiger partial charge on any atom is 0.167 e. The standard InChI is InChI=1S/C17H20FNO/c1-13-6-5-9-16(17(13)18)20-12-15-8-4-3-7-14(15)10-11-19-2/h3-9,19H,10-12H2,1-2H3. The van der Waals surface area contributed by atoms with Gasteiger partial charge < -0.3 is 10.1 Å². The third kappa shape index (κ3) is 3.58. The van der Waals surface area contributed by atoms with E-state index < -0.39 is 0 Å². The Morgan fingerprint density at radius 1 is 1.05 bits per heavy atom. The Labute approximate surface area is 119 Å². The fraction of sp³-hybridized carbons (Fsp3) is 0.294. The van der Waals surface area contributed by atoms with Crippen LogP contribution in [0.5, 0.6) is 5.75 Å². The molecule has 2 aromatic rings. The minimum atomic E-state index is -0.278. The van der Waals surface area contributed by atoms with Crippen molar-refractivity contribution >= 4 is 0 Å². The summed E-state index contributed by atoms with van der Waals surface area (Å²) in [5.74, 6) is 0.0358. The molecule has 20 heavy (non-hydrogen) atoms. The van der Waals surface area contributed by atoms with Gasteiger partial charge in [-0.2, -0.15) is 0 Å². The van der Waals surface area contributed by atoms with Crippen molar-refractivity contribution in [2.75, 3.05) is 13.6 Å². The molecular weight excluding hydrogens is 253 g/mol. The molecule has 0 aliphatic heterocycles. The lowest BCUT2D eigenvalue weighted by atomic mass is 10.1. The van der Waals surface area contributed by atoms with E-state index >= 15 is 0 Å². The molecule has 0 saturated carbocycles. The van der Waals surface area contributed by atoms with E-state index in [1.807, 2.05) is 25.2 Å². The molecule has 0 spiro atoms. The highest BCUT2D eigenvalue weighted by atomic mass is 19.1. The number of benzene rings is 2. The number of rotatable bonds is 6. The summed E-state index contributed by atoms with van der Waals surface area (Å²) < 4.78 is 19.5. The molecule has 106 valence electrons. The third-order valence-corrected chi connectivity index (χ3v) is 3.30. The Kier molecular flexibility index (Phi) is 5.13. The summed E-state index contributed by atoms with van der Waals surface area (Å²) in [5, 5.41) is 3.13. The van der Waals surface area contributed by atoms with Gasteiger partial charge in [-0.1, -0.05) is 36.4 Å². The minimum absolute atomic E-state index is 0.278. The summed E-state index contributed by atoms with van der Waals surface area (Å²) in [6.45, 7) is 3.04. The molecule has 2 rings (SSSR count). The van der Waals surface area contributed by atoms with Gasteiger partial charge in [0.15, 0.2) is 11.6 Å². The molecule has 0 aliphatic rings. The molecule has 0 amide bonds. The van der Waals surface area contributed by atoms with Crippen LogP contribution in [0.25, 0.3) is 0 Å². The Balaban J connectivity index is 2.09. The summed E-state index contributed by atoms with van der Waals surface area (Å²) >= 11 is 0. The Morgan fingerprint density at radius 2 is 1.80 bits per heavy atom. The topological polar surface area (TPSA) is 21.3 Å². The fourth-order valence-electron chi connectivity index (χ4n) is 2.09. The number of likely N-dealkylation sites (N-methyl/N-ethyl adjacent to an activating group) is 1. The normalized spacial score (nSPS) is 10.6. The van der Waals surface area contributed by atoms with Gasteiger partial charge in [-0.3, -0.25) is 0 Å². The molecule has 1 N–H and O–H groups in total. The number of aryl methyl sites for hydroxylation is 1. The van der Waals surface area contributed by atoms with Gasteiger partial charge in [0.25, 0.3) is 0 Å². The molecule has 0 radical (unpaired) electrons. The van der Waals surface area contributed by atoms with Gasteiger partial charge in [-0.05, 0) is 49.7 Å². The lowest BCUT2D eigenvalue weighted by Crippen LogP contribution is -2.12. The average molecular weight is 273 g/mol. The van der Waals surface area contributed by atoms with Crippen molar-refractivity contribution in [3.05, 3.63) is 65.0 Å². The first kappa shape index (κ1) is 14.5. The first-order valence-corrected chi connectivity index (χ1v) is 6.81. The van der Waals surface area contributed by atoms with Crippen LogP contribution in [0, 0.1) is 12.7 Å². The molecule has 3 heteroatoms. The van der Waals surface area contributed by atoms with Crippen molar-refractivity contribution in [2.45, 2.75) is 20.0 Å². The van der Waals surface area contributed by atoms with Crippen LogP contribution in [-0.4, -0.2) is 13.6 Å². The zero-order chi connectivity index (χ0) is 14.4. The van der Waals surface area contributed by atoms with Crippen molar-refractivity contribution in [3.8, 4) is 5.75 Å². The van der Waals surface area contributed by atoms with E-state index in [1.165, 1.54) is 5.56 Å². The van der Waals surface area contributed by atoms with E-state index in [0.29, 0.717) is 17.9 Å². The molecule has 2 nitrogen and oxygen atoms in total. The van der Waals surface area contributed by atoms with Gasteiger partial charge in [-0.15, -0.1) is 0 Å². The van der Waals surface area contributed by atoms with Crippen molar-refractivity contribution in [2.24, 2.45) is 0 Å².